The van der Waals surface area contributed by atoms with Crippen LogP contribution in [0.1, 0.15) is 36.7 Å². The largest absolute Gasteiger partial charge is 0.416 e. The lowest BCUT2D eigenvalue weighted by molar-refractivity contribution is -0.137. The molecule has 6 heteroatoms. The molecule has 2 rings (SSSR count). The first-order valence-electron chi connectivity index (χ1n) is 6.84. The lowest BCUT2D eigenvalue weighted by Crippen LogP contribution is -2.62. The Bertz CT molecular complexity index is 523. The zero-order chi connectivity index (χ0) is 15.8. The average Bonchev–Trinajstić information content (AvgIpc) is 2.40. The van der Waals surface area contributed by atoms with Gasteiger partial charge in [0.25, 0.3) is 5.91 Å². The van der Waals surface area contributed by atoms with Crippen molar-refractivity contribution in [1.29, 1.82) is 0 Å². The molecule has 1 N–H and O–H groups in total. The monoisotopic (exact) mass is 300 g/mol. The molecule has 1 heterocycles. The average molecular weight is 300 g/mol. The van der Waals surface area contributed by atoms with Crippen molar-refractivity contribution < 1.29 is 18.0 Å². The van der Waals surface area contributed by atoms with E-state index in [4.69, 9.17) is 0 Å². The summed E-state index contributed by atoms with van der Waals surface area (Å²) in [6.07, 6.45) is -4.38. The van der Waals surface area contributed by atoms with Crippen LogP contribution < -0.4 is 5.32 Å². The summed E-state index contributed by atoms with van der Waals surface area (Å²) in [6.45, 7) is 7.04. The Morgan fingerprint density at radius 3 is 2.38 bits per heavy atom. The number of amides is 1. The van der Waals surface area contributed by atoms with Gasteiger partial charge in [-0.05, 0) is 45.0 Å². The van der Waals surface area contributed by atoms with Gasteiger partial charge in [-0.15, -0.1) is 0 Å². The van der Waals surface area contributed by atoms with Crippen molar-refractivity contribution in [3.63, 3.8) is 0 Å². The van der Waals surface area contributed by atoms with Crippen LogP contribution >= 0.6 is 0 Å². The number of nitrogens with zero attached hydrogens (tertiary/aromatic N) is 1. The van der Waals surface area contributed by atoms with Crippen molar-refractivity contribution in [2.45, 2.75) is 38.5 Å². The lowest BCUT2D eigenvalue weighted by atomic mass is 9.96. The number of nitrogens with one attached hydrogen (secondary N) is 1. The summed E-state index contributed by atoms with van der Waals surface area (Å²) >= 11 is 0. The summed E-state index contributed by atoms with van der Waals surface area (Å²) in [5.74, 6) is -0.234. The summed E-state index contributed by atoms with van der Waals surface area (Å²) < 4.78 is 37.6. The maximum absolute atomic E-state index is 12.5. The fraction of sp³-hybridized carbons (Fsp3) is 0.533. The van der Waals surface area contributed by atoms with Crippen molar-refractivity contribution in [3.05, 3.63) is 35.4 Å². The Morgan fingerprint density at radius 2 is 1.86 bits per heavy atom. The molecule has 1 aliphatic rings. The highest BCUT2D eigenvalue weighted by molar-refractivity contribution is 5.94. The second-order valence-corrected chi connectivity index (χ2v) is 6.09. The van der Waals surface area contributed by atoms with Crippen molar-refractivity contribution in [1.82, 2.24) is 10.2 Å². The first kappa shape index (κ1) is 15.8. The number of halogens is 3. The van der Waals surface area contributed by atoms with Crippen molar-refractivity contribution in [3.8, 4) is 0 Å². The molecule has 1 saturated heterocycles. The van der Waals surface area contributed by atoms with Gasteiger partial charge >= 0.3 is 6.18 Å². The Hall–Kier alpha value is -1.56. The zero-order valence-corrected chi connectivity index (χ0v) is 12.3. The number of rotatable bonds is 1. The molecule has 0 bridgehead atoms. The van der Waals surface area contributed by atoms with Gasteiger partial charge in [-0.2, -0.15) is 13.2 Å². The van der Waals surface area contributed by atoms with Gasteiger partial charge in [-0.1, -0.05) is 0 Å². The molecule has 3 nitrogen and oxygen atoms in total. The van der Waals surface area contributed by atoms with Crippen LogP contribution in [-0.2, 0) is 6.18 Å². The third-order valence-corrected chi connectivity index (χ3v) is 3.77. The molecule has 1 aromatic carbocycles. The number of carbonyl (C=O) groups is 1. The SMILES string of the molecule is CC1CN(C(=O)c2ccc(C(F)(F)F)cc2)C(C)(C)CN1. The summed E-state index contributed by atoms with van der Waals surface area (Å²) in [6, 6.07) is 4.55. The van der Waals surface area contributed by atoms with Gasteiger partial charge in [0.2, 0.25) is 0 Å². The smallest absolute Gasteiger partial charge is 0.331 e. The summed E-state index contributed by atoms with van der Waals surface area (Å²) in [5.41, 5.74) is -0.830. The molecule has 1 unspecified atom stereocenters. The number of hydrogen-bond acceptors (Lipinski definition) is 2. The van der Waals surface area contributed by atoms with Crippen LogP contribution in [0.2, 0.25) is 0 Å². The Morgan fingerprint density at radius 1 is 1.29 bits per heavy atom. The predicted molar refractivity (Wildman–Crippen MR) is 74.0 cm³/mol. The van der Waals surface area contributed by atoms with E-state index >= 15 is 0 Å². The van der Waals surface area contributed by atoms with Gasteiger partial charge in [-0.3, -0.25) is 4.79 Å². The van der Waals surface area contributed by atoms with E-state index < -0.39 is 11.7 Å². The van der Waals surface area contributed by atoms with Crippen molar-refractivity contribution in [2.75, 3.05) is 13.1 Å². The molecule has 0 aromatic heterocycles. The molecule has 1 aliphatic heterocycles. The fourth-order valence-corrected chi connectivity index (χ4v) is 2.42. The molecule has 1 aromatic rings. The van der Waals surface area contributed by atoms with Crippen molar-refractivity contribution in [2.24, 2.45) is 0 Å². The standard InChI is InChI=1S/C15H19F3N2O/c1-10-8-20(14(2,3)9-19-10)13(21)11-4-6-12(7-5-11)15(16,17)18/h4-7,10,19H,8-9H2,1-3H3. The number of piperazine rings is 1. The highest BCUT2D eigenvalue weighted by Crippen LogP contribution is 2.29. The first-order valence-corrected chi connectivity index (χ1v) is 6.84. The van der Waals surface area contributed by atoms with Crippen LogP contribution in [0, 0.1) is 0 Å². The van der Waals surface area contributed by atoms with Crippen LogP contribution in [0.15, 0.2) is 24.3 Å². The molecule has 0 aliphatic carbocycles. The fourth-order valence-electron chi connectivity index (χ4n) is 2.42. The highest BCUT2D eigenvalue weighted by Gasteiger charge is 2.36. The van der Waals surface area contributed by atoms with Crippen LogP contribution in [0.3, 0.4) is 0 Å². The third kappa shape index (κ3) is 3.37. The number of benzene rings is 1. The van der Waals surface area contributed by atoms with Gasteiger partial charge in [0, 0.05) is 24.7 Å². The van der Waals surface area contributed by atoms with Gasteiger partial charge in [0.05, 0.1) is 11.1 Å². The minimum atomic E-state index is -4.38. The van der Waals surface area contributed by atoms with Gasteiger partial charge < -0.3 is 10.2 Å². The third-order valence-electron chi connectivity index (χ3n) is 3.77. The first-order chi connectivity index (χ1) is 9.61. The van der Waals surface area contributed by atoms with Gasteiger partial charge in [0.1, 0.15) is 0 Å². The molecular weight excluding hydrogens is 281 g/mol. The molecule has 1 atom stereocenters. The van der Waals surface area contributed by atoms with E-state index in [-0.39, 0.29) is 23.1 Å². The molecule has 116 valence electrons. The Labute approximate surface area is 122 Å². The van der Waals surface area contributed by atoms with Crippen LogP contribution in [-0.4, -0.2) is 35.5 Å². The molecule has 0 radical (unpaired) electrons. The lowest BCUT2D eigenvalue weighted by Gasteiger charge is -2.45. The van der Waals surface area contributed by atoms with Crippen LogP contribution in [0.4, 0.5) is 13.2 Å². The number of hydrogen-bond donors (Lipinski definition) is 1. The van der Waals surface area contributed by atoms with Crippen LogP contribution in [0.25, 0.3) is 0 Å². The van der Waals surface area contributed by atoms with Crippen LogP contribution in [0.5, 0.6) is 0 Å². The maximum Gasteiger partial charge on any atom is 0.416 e. The van der Waals surface area contributed by atoms with E-state index in [1.165, 1.54) is 12.1 Å². The Kier molecular flexibility index (Phi) is 4.02. The zero-order valence-electron chi connectivity index (χ0n) is 12.3. The van der Waals surface area contributed by atoms with E-state index in [1.54, 1.807) is 4.90 Å². The molecule has 21 heavy (non-hydrogen) atoms. The molecular formula is C15H19F3N2O. The minimum absolute atomic E-state index is 0.163. The predicted octanol–water partition coefficient (Wildman–Crippen LogP) is 2.92. The maximum atomic E-state index is 12.5. The second-order valence-electron chi connectivity index (χ2n) is 6.09. The Balaban J connectivity index is 2.23. The molecule has 0 saturated carbocycles. The summed E-state index contributed by atoms with van der Waals surface area (Å²) in [7, 11) is 0. The number of carbonyl (C=O) groups excluding carboxylic acids is 1. The normalized spacial score (nSPS) is 22.2. The minimum Gasteiger partial charge on any atom is -0.331 e. The molecule has 0 spiro atoms. The van der Waals surface area contributed by atoms with Gasteiger partial charge in [0.15, 0.2) is 0 Å². The number of alkyl halides is 3. The van der Waals surface area contributed by atoms with E-state index in [1.807, 2.05) is 20.8 Å². The van der Waals surface area contributed by atoms with E-state index in [0.29, 0.717) is 13.1 Å². The van der Waals surface area contributed by atoms with E-state index in [9.17, 15) is 18.0 Å². The quantitative estimate of drug-likeness (QED) is 0.865. The summed E-state index contributed by atoms with van der Waals surface area (Å²) in [4.78, 5) is 14.3. The topological polar surface area (TPSA) is 32.3 Å². The van der Waals surface area contributed by atoms with Gasteiger partial charge in [-0.25, -0.2) is 0 Å². The highest BCUT2D eigenvalue weighted by atomic mass is 19.4. The second kappa shape index (κ2) is 5.33. The molecule has 1 amide bonds. The van der Waals surface area contributed by atoms with E-state index in [2.05, 4.69) is 5.32 Å². The van der Waals surface area contributed by atoms with E-state index in [0.717, 1.165) is 12.1 Å². The van der Waals surface area contributed by atoms with Crippen molar-refractivity contribution >= 4 is 5.91 Å². The molecule has 1 fully saturated rings. The summed E-state index contributed by atoms with van der Waals surface area (Å²) in [5, 5.41) is 3.29.